The van der Waals surface area contributed by atoms with Gasteiger partial charge in [-0.3, -0.25) is 0 Å². The Labute approximate surface area is 119 Å². The van der Waals surface area contributed by atoms with E-state index in [1.807, 2.05) is 0 Å². The maximum Gasteiger partial charge on any atom is 0.243 e. The third-order valence-corrected chi connectivity index (χ3v) is 6.02. The third kappa shape index (κ3) is 2.87. The lowest BCUT2D eigenvalue weighted by Crippen LogP contribution is -2.45. The molecule has 2 atom stereocenters. The minimum absolute atomic E-state index is 0.0194. The van der Waals surface area contributed by atoms with Crippen molar-refractivity contribution in [2.45, 2.75) is 25.2 Å². The van der Waals surface area contributed by atoms with Crippen molar-refractivity contribution in [1.29, 1.82) is 0 Å². The summed E-state index contributed by atoms with van der Waals surface area (Å²) in [5, 5.41) is 0. The molecule has 0 aromatic heterocycles. The van der Waals surface area contributed by atoms with Gasteiger partial charge in [0.15, 0.2) is 0 Å². The van der Waals surface area contributed by atoms with Crippen molar-refractivity contribution >= 4 is 10.0 Å². The van der Waals surface area contributed by atoms with E-state index in [9.17, 15) is 12.8 Å². The Hall–Kier alpha value is -0.980. The second kappa shape index (κ2) is 5.79. The van der Waals surface area contributed by atoms with Gasteiger partial charge >= 0.3 is 0 Å². The molecule has 1 aliphatic heterocycles. The molecule has 0 saturated carbocycles. The van der Waals surface area contributed by atoms with Crippen LogP contribution < -0.4 is 5.73 Å². The number of hydrogen-bond acceptors (Lipinski definition) is 3. The van der Waals surface area contributed by atoms with Crippen molar-refractivity contribution in [3.63, 3.8) is 0 Å². The molecule has 6 heteroatoms. The zero-order valence-electron chi connectivity index (χ0n) is 11.8. The van der Waals surface area contributed by atoms with Crippen molar-refractivity contribution < 1.29 is 12.8 Å². The smallest absolute Gasteiger partial charge is 0.243 e. The average Bonchev–Trinajstić information content (AvgIpc) is 2.42. The lowest BCUT2D eigenvalue weighted by atomic mass is 9.88. The standard InChI is InChI=1S/C14H21FN2O2S/c1-10-5-6-17(9-12(10)8-16)20(18,19)13-4-3-11(2)14(15)7-13/h3-4,7,10,12H,5-6,8-9,16H2,1-2H3. The van der Waals surface area contributed by atoms with Gasteiger partial charge in [-0.25, -0.2) is 12.8 Å². The van der Waals surface area contributed by atoms with Crippen LogP contribution in [0, 0.1) is 24.6 Å². The first-order chi connectivity index (χ1) is 9.36. The van der Waals surface area contributed by atoms with E-state index in [-0.39, 0.29) is 10.8 Å². The van der Waals surface area contributed by atoms with Crippen LogP contribution in [-0.2, 0) is 10.0 Å². The van der Waals surface area contributed by atoms with Gasteiger partial charge in [-0.05, 0) is 49.4 Å². The minimum atomic E-state index is -3.63. The second-order valence-electron chi connectivity index (χ2n) is 5.54. The van der Waals surface area contributed by atoms with Gasteiger partial charge in [0, 0.05) is 13.1 Å². The summed E-state index contributed by atoms with van der Waals surface area (Å²) in [6.07, 6.45) is 0.787. The summed E-state index contributed by atoms with van der Waals surface area (Å²) in [6.45, 7) is 5.05. The maximum atomic E-state index is 13.6. The average molecular weight is 300 g/mol. The Morgan fingerprint density at radius 1 is 1.45 bits per heavy atom. The Kier molecular flexibility index (Phi) is 4.46. The molecule has 0 bridgehead atoms. The predicted molar refractivity (Wildman–Crippen MR) is 76.2 cm³/mol. The highest BCUT2D eigenvalue weighted by Gasteiger charge is 2.33. The van der Waals surface area contributed by atoms with Gasteiger partial charge in [0.25, 0.3) is 0 Å². The first-order valence-corrected chi connectivity index (χ1v) is 8.26. The first kappa shape index (κ1) is 15.4. The molecule has 2 rings (SSSR count). The van der Waals surface area contributed by atoms with E-state index < -0.39 is 15.8 Å². The van der Waals surface area contributed by atoms with Crippen molar-refractivity contribution in [2.75, 3.05) is 19.6 Å². The summed E-state index contributed by atoms with van der Waals surface area (Å²) in [4.78, 5) is 0.0194. The van der Waals surface area contributed by atoms with Crippen molar-refractivity contribution in [3.8, 4) is 0 Å². The summed E-state index contributed by atoms with van der Waals surface area (Å²) in [7, 11) is -3.63. The number of sulfonamides is 1. The number of rotatable bonds is 3. The number of hydrogen-bond donors (Lipinski definition) is 1. The quantitative estimate of drug-likeness (QED) is 0.925. The van der Waals surface area contributed by atoms with Gasteiger partial charge in [-0.2, -0.15) is 4.31 Å². The number of benzene rings is 1. The molecule has 1 aliphatic rings. The summed E-state index contributed by atoms with van der Waals surface area (Å²) in [6, 6.07) is 4.05. The zero-order valence-corrected chi connectivity index (χ0v) is 12.7. The van der Waals surface area contributed by atoms with Crippen LogP contribution in [0.25, 0.3) is 0 Å². The van der Waals surface area contributed by atoms with E-state index in [0.29, 0.717) is 31.1 Å². The SMILES string of the molecule is Cc1ccc(S(=O)(=O)N2CCC(C)C(CN)C2)cc1F. The highest BCUT2D eigenvalue weighted by Crippen LogP contribution is 2.27. The van der Waals surface area contributed by atoms with E-state index in [0.717, 1.165) is 12.5 Å². The van der Waals surface area contributed by atoms with Crippen LogP contribution in [0.5, 0.6) is 0 Å². The monoisotopic (exact) mass is 300 g/mol. The molecule has 2 unspecified atom stereocenters. The normalized spacial score (nSPS) is 24.8. The lowest BCUT2D eigenvalue weighted by molar-refractivity contribution is 0.203. The second-order valence-corrected chi connectivity index (χ2v) is 7.47. The van der Waals surface area contributed by atoms with Gasteiger partial charge in [-0.15, -0.1) is 0 Å². The molecular formula is C14H21FN2O2S. The van der Waals surface area contributed by atoms with Crippen LogP contribution in [0.2, 0.25) is 0 Å². The van der Waals surface area contributed by atoms with Crippen LogP contribution in [0.4, 0.5) is 4.39 Å². The molecule has 1 saturated heterocycles. The number of nitrogens with two attached hydrogens (primary N) is 1. The topological polar surface area (TPSA) is 63.4 Å². The molecule has 0 spiro atoms. The minimum Gasteiger partial charge on any atom is -0.330 e. The first-order valence-electron chi connectivity index (χ1n) is 6.82. The molecular weight excluding hydrogens is 279 g/mol. The number of halogens is 1. The molecule has 0 radical (unpaired) electrons. The molecule has 2 N–H and O–H groups in total. The van der Waals surface area contributed by atoms with Crippen LogP contribution in [0.3, 0.4) is 0 Å². The van der Waals surface area contributed by atoms with Crippen LogP contribution >= 0.6 is 0 Å². The zero-order chi connectivity index (χ0) is 14.9. The van der Waals surface area contributed by atoms with Gasteiger partial charge < -0.3 is 5.73 Å². The number of piperidine rings is 1. The van der Waals surface area contributed by atoms with Gasteiger partial charge in [0.2, 0.25) is 10.0 Å². The van der Waals surface area contributed by atoms with E-state index in [2.05, 4.69) is 6.92 Å². The van der Waals surface area contributed by atoms with Crippen molar-refractivity contribution in [1.82, 2.24) is 4.31 Å². The molecule has 112 valence electrons. The molecule has 1 heterocycles. The maximum absolute atomic E-state index is 13.6. The summed E-state index contributed by atoms with van der Waals surface area (Å²) in [5.74, 6) is 0.0850. The fraction of sp³-hybridized carbons (Fsp3) is 0.571. The molecule has 20 heavy (non-hydrogen) atoms. The molecule has 1 aromatic carbocycles. The van der Waals surface area contributed by atoms with Crippen LogP contribution in [0.1, 0.15) is 18.9 Å². The van der Waals surface area contributed by atoms with Crippen molar-refractivity contribution in [3.05, 3.63) is 29.6 Å². The molecule has 4 nitrogen and oxygen atoms in total. The van der Waals surface area contributed by atoms with Crippen LogP contribution in [-0.4, -0.2) is 32.4 Å². The third-order valence-electron chi connectivity index (χ3n) is 4.16. The summed E-state index contributed by atoms with van der Waals surface area (Å²) in [5.41, 5.74) is 6.14. The van der Waals surface area contributed by atoms with Crippen LogP contribution in [0.15, 0.2) is 23.1 Å². The predicted octanol–water partition coefficient (Wildman–Crippen LogP) is 1.74. The van der Waals surface area contributed by atoms with E-state index in [4.69, 9.17) is 5.73 Å². The van der Waals surface area contributed by atoms with Gasteiger partial charge in [-0.1, -0.05) is 13.0 Å². The highest BCUT2D eigenvalue weighted by molar-refractivity contribution is 7.89. The van der Waals surface area contributed by atoms with Gasteiger partial charge in [0.05, 0.1) is 4.90 Å². The van der Waals surface area contributed by atoms with Gasteiger partial charge in [0.1, 0.15) is 5.82 Å². The molecule has 1 aromatic rings. The molecule has 1 fully saturated rings. The fourth-order valence-corrected chi connectivity index (χ4v) is 4.05. The highest BCUT2D eigenvalue weighted by atomic mass is 32.2. The summed E-state index contributed by atoms with van der Waals surface area (Å²) < 4.78 is 40.1. The summed E-state index contributed by atoms with van der Waals surface area (Å²) >= 11 is 0. The molecule has 0 amide bonds. The molecule has 0 aliphatic carbocycles. The largest absolute Gasteiger partial charge is 0.330 e. The fourth-order valence-electron chi connectivity index (χ4n) is 2.52. The Morgan fingerprint density at radius 3 is 2.75 bits per heavy atom. The lowest BCUT2D eigenvalue weighted by Gasteiger charge is -2.35. The number of nitrogens with zero attached hydrogens (tertiary/aromatic N) is 1. The number of aryl methyl sites for hydroxylation is 1. The Bertz CT molecular complexity index is 589. The van der Waals surface area contributed by atoms with Crippen molar-refractivity contribution in [2.24, 2.45) is 17.6 Å². The Balaban J connectivity index is 2.28. The van der Waals surface area contributed by atoms with E-state index in [1.165, 1.54) is 16.4 Å². The van der Waals surface area contributed by atoms with E-state index in [1.54, 1.807) is 6.92 Å². The Morgan fingerprint density at radius 2 is 2.15 bits per heavy atom. The van der Waals surface area contributed by atoms with E-state index >= 15 is 0 Å².